The van der Waals surface area contributed by atoms with Gasteiger partial charge in [-0.3, -0.25) is 4.79 Å². The summed E-state index contributed by atoms with van der Waals surface area (Å²) in [5, 5.41) is 11.3. The lowest BCUT2D eigenvalue weighted by atomic mass is 9.85. The molecule has 44 heavy (non-hydrogen) atoms. The summed E-state index contributed by atoms with van der Waals surface area (Å²) < 4.78 is 28.7. The van der Waals surface area contributed by atoms with E-state index < -0.39 is 23.8 Å². The smallest absolute Gasteiger partial charge is 0.330 e. The molecule has 9 atom stereocenters. The van der Waals surface area contributed by atoms with Crippen molar-refractivity contribution < 1.29 is 38.1 Å². The minimum absolute atomic E-state index is 0.000898. The number of aliphatic hydroxyl groups is 1. The van der Waals surface area contributed by atoms with Gasteiger partial charge in [-0.25, -0.2) is 9.78 Å². The average molecular weight is 610 g/mol. The molecular weight excluding hydrogens is 562 g/mol. The number of aryl methyl sites for hydroxylation is 1. The zero-order chi connectivity index (χ0) is 32.0. The molecule has 1 aromatic heterocycles. The standard InChI is InChI=1S/C35H47NO8/c1-21(16-27-20-41-25(5)36-27)10-8-11-23(3)34(40-7)24(4)29-19-30(37)35(6)31(44-35)15-14-22(2)28-17-26(18-33(39)42-28)12-9-13-32(38)43-29/h8-11,13-16,20,22,24,26,28-31,34,37H,12,17-19H2,1-7H3/b10-8+,13-9+,15-14+,21-16+,23-11+/t22?,24-,26+,28+,29-,30-,31+,34-,35-/m0/s1. The fraction of sp³-hybridized carbons (Fsp3) is 0.571. The van der Waals surface area contributed by atoms with Crippen LogP contribution in [0.1, 0.15) is 71.9 Å². The van der Waals surface area contributed by atoms with E-state index in [-0.39, 0.29) is 48.5 Å². The first-order chi connectivity index (χ1) is 20.9. The molecule has 0 saturated carbocycles. The van der Waals surface area contributed by atoms with Gasteiger partial charge in [-0.1, -0.05) is 50.3 Å². The number of aromatic nitrogens is 1. The van der Waals surface area contributed by atoms with Crippen LogP contribution in [0, 0.1) is 24.7 Å². The zero-order valence-corrected chi connectivity index (χ0v) is 26.9. The first kappa shape index (κ1) is 33.6. The van der Waals surface area contributed by atoms with Gasteiger partial charge in [-0.15, -0.1) is 0 Å². The lowest BCUT2D eigenvalue weighted by molar-refractivity contribution is -0.158. The largest absolute Gasteiger partial charge is 0.462 e. The molecule has 1 aromatic rings. The molecule has 2 fully saturated rings. The molecule has 1 N–H and O–H groups in total. The second-order valence-electron chi connectivity index (χ2n) is 12.6. The first-order valence-corrected chi connectivity index (χ1v) is 15.5. The molecule has 2 saturated heterocycles. The molecule has 0 spiro atoms. The highest BCUT2D eigenvalue weighted by Crippen LogP contribution is 2.43. The van der Waals surface area contributed by atoms with Gasteiger partial charge in [0, 0.05) is 44.8 Å². The molecule has 1 unspecified atom stereocenters. The number of allylic oxidation sites excluding steroid dienone is 5. The summed E-state index contributed by atoms with van der Waals surface area (Å²) in [7, 11) is 1.63. The molecule has 9 heteroatoms. The Balaban J connectivity index is 1.51. The Morgan fingerprint density at radius 2 is 1.98 bits per heavy atom. The maximum absolute atomic E-state index is 13.0. The van der Waals surface area contributed by atoms with E-state index in [0.717, 1.165) is 16.8 Å². The Morgan fingerprint density at radius 1 is 1.20 bits per heavy atom. The van der Waals surface area contributed by atoms with Crippen LogP contribution in [0.4, 0.5) is 0 Å². The van der Waals surface area contributed by atoms with Gasteiger partial charge in [-0.2, -0.15) is 0 Å². The molecular formula is C35H47NO8. The number of oxazole rings is 1. The van der Waals surface area contributed by atoms with Crippen LogP contribution in [0.15, 0.2) is 64.4 Å². The zero-order valence-electron chi connectivity index (χ0n) is 26.9. The van der Waals surface area contributed by atoms with Crippen molar-refractivity contribution in [2.45, 2.75) is 103 Å². The second kappa shape index (κ2) is 14.7. The normalized spacial score (nSPS) is 34.9. The SMILES string of the molecule is CO[C@@H](/C(C)=C/C=C/C(C)=C/c1coc(C)n1)[C@@H](C)[C@@H]1C[C@H](O)[C@]2(C)O[C@@H]2/C=C/C(C)[C@H]2C[C@@H](C/C=C/C(=O)O1)CC(=O)O2. The van der Waals surface area contributed by atoms with E-state index in [9.17, 15) is 14.7 Å². The average Bonchev–Trinajstić information content (AvgIpc) is 3.47. The van der Waals surface area contributed by atoms with Crippen LogP contribution in [-0.4, -0.2) is 65.3 Å². The summed E-state index contributed by atoms with van der Waals surface area (Å²) >= 11 is 0. The number of aliphatic hydroxyl groups excluding tert-OH is 1. The van der Waals surface area contributed by atoms with Gasteiger partial charge in [0.1, 0.15) is 35.9 Å². The van der Waals surface area contributed by atoms with Crippen LogP contribution in [-0.2, 0) is 28.5 Å². The van der Waals surface area contributed by atoms with Crippen molar-refractivity contribution >= 4 is 18.0 Å². The summed E-state index contributed by atoms with van der Waals surface area (Å²) in [6.07, 6.45) is 15.9. The molecule has 3 aliphatic rings. The summed E-state index contributed by atoms with van der Waals surface area (Å²) in [6.45, 7) is 11.6. The van der Waals surface area contributed by atoms with E-state index in [1.165, 1.54) is 6.08 Å². The number of fused-ring (bicyclic) bond motifs is 3. The predicted molar refractivity (Wildman–Crippen MR) is 166 cm³/mol. The monoisotopic (exact) mass is 609 g/mol. The number of methoxy groups -OCH3 is 1. The van der Waals surface area contributed by atoms with Crippen molar-refractivity contribution in [2.75, 3.05) is 7.11 Å². The lowest BCUT2D eigenvalue weighted by Gasteiger charge is -2.32. The van der Waals surface area contributed by atoms with Crippen LogP contribution >= 0.6 is 0 Å². The predicted octanol–water partition coefficient (Wildman–Crippen LogP) is 5.83. The number of carbonyl (C=O) groups is 2. The van der Waals surface area contributed by atoms with E-state index in [0.29, 0.717) is 25.2 Å². The summed E-state index contributed by atoms with van der Waals surface area (Å²) in [5.74, 6) is -0.299. The fourth-order valence-corrected chi connectivity index (χ4v) is 6.11. The molecule has 0 radical (unpaired) electrons. The van der Waals surface area contributed by atoms with Crippen molar-refractivity contribution in [2.24, 2.45) is 17.8 Å². The maximum atomic E-state index is 13.0. The molecule has 0 aromatic carbocycles. The fourth-order valence-electron chi connectivity index (χ4n) is 6.11. The van der Waals surface area contributed by atoms with Crippen LogP contribution in [0.3, 0.4) is 0 Å². The molecule has 2 bridgehead atoms. The number of hydrogen-bond acceptors (Lipinski definition) is 9. The summed E-state index contributed by atoms with van der Waals surface area (Å²) in [6, 6.07) is 0. The van der Waals surface area contributed by atoms with E-state index in [1.54, 1.807) is 26.4 Å². The number of cyclic esters (lactones) is 1. The third kappa shape index (κ3) is 8.67. The van der Waals surface area contributed by atoms with Gasteiger partial charge in [0.15, 0.2) is 5.89 Å². The van der Waals surface area contributed by atoms with Gasteiger partial charge >= 0.3 is 11.9 Å². The number of ether oxygens (including phenoxy) is 4. The van der Waals surface area contributed by atoms with Gasteiger partial charge in [0.25, 0.3) is 0 Å². The van der Waals surface area contributed by atoms with Gasteiger partial charge < -0.3 is 28.5 Å². The van der Waals surface area contributed by atoms with Crippen molar-refractivity contribution in [3.05, 3.63) is 71.5 Å². The van der Waals surface area contributed by atoms with Crippen LogP contribution in [0.2, 0.25) is 0 Å². The van der Waals surface area contributed by atoms with Crippen molar-refractivity contribution in [3.63, 3.8) is 0 Å². The third-order valence-corrected chi connectivity index (χ3v) is 8.97. The molecule has 4 heterocycles. The van der Waals surface area contributed by atoms with Crippen LogP contribution in [0.5, 0.6) is 0 Å². The number of rotatable bonds is 7. The molecule has 3 aliphatic heterocycles. The minimum atomic E-state index is -0.892. The number of epoxide rings is 1. The Kier molecular flexibility index (Phi) is 11.2. The highest BCUT2D eigenvalue weighted by Gasteiger charge is 2.57. The Morgan fingerprint density at radius 3 is 2.68 bits per heavy atom. The highest BCUT2D eigenvalue weighted by molar-refractivity contribution is 5.82. The van der Waals surface area contributed by atoms with Crippen LogP contribution in [0.25, 0.3) is 6.08 Å². The van der Waals surface area contributed by atoms with Gasteiger partial charge in [0.2, 0.25) is 0 Å². The third-order valence-electron chi connectivity index (χ3n) is 8.97. The number of carbonyl (C=O) groups excluding carboxylic acids is 2. The van der Waals surface area contributed by atoms with Crippen molar-refractivity contribution in [3.8, 4) is 0 Å². The Labute approximate surface area is 260 Å². The van der Waals surface area contributed by atoms with E-state index in [4.69, 9.17) is 23.4 Å². The van der Waals surface area contributed by atoms with Gasteiger partial charge in [0.05, 0.1) is 12.2 Å². The van der Waals surface area contributed by atoms with E-state index in [1.807, 2.05) is 71.1 Å². The summed E-state index contributed by atoms with van der Waals surface area (Å²) in [4.78, 5) is 29.6. The summed E-state index contributed by atoms with van der Waals surface area (Å²) in [5.41, 5.74) is 1.88. The molecule has 0 amide bonds. The topological polar surface area (TPSA) is 121 Å². The number of nitrogens with zero attached hydrogens (tertiary/aromatic N) is 1. The molecule has 9 nitrogen and oxygen atoms in total. The highest BCUT2D eigenvalue weighted by atomic mass is 16.6. The van der Waals surface area contributed by atoms with Crippen LogP contribution < -0.4 is 0 Å². The van der Waals surface area contributed by atoms with E-state index in [2.05, 4.69) is 4.98 Å². The Hall–Kier alpha value is -3.27. The molecule has 240 valence electrons. The van der Waals surface area contributed by atoms with Crippen molar-refractivity contribution in [1.29, 1.82) is 0 Å². The number of hydrogen-bond donors (Lipinski definition) is 1. The lowest BCUT2D eigenvalue weighted by Crippen LogP contribution is -2.41. The second-order valence-corrected chi connectivity index (χ2v) is 12.6. The maximum Gasteiger partial charge on any atom is 0.330 e. The Bertz CT molecular complexity index is 1320. The quantitative estimate of drug-likeness (QED) is 0.176. The van der Waals surface area contributed by atoms with Crippen molar-refractivity contribution in [1.82, 2.24) is 4.98 Å². The molecule has 4 rings (SSSR count). The first-order valence-electron chi connectivity index (χ1n) is 15.5. The minimum Gasteiger partial charge on any atom is -0.462 e. The van der Waals surface area contributed by atoms with Gasteiger partial charge in [-0.05, 0) is 56.8 Å². The van der Waals surface area contributed by atoms with E-state index >= 15 is 0 Å². The number of esters is 2. The molecule has 0 aliphatic carbocycles.